The molecule has 2 unspecified atom stereocenters. The number of hydrogen-bond donors (Lipinski definition) is 1. The maximum Gasteiger partial charge on any atom is 0.129 e. The molecule has 0 aromatic carbocycles. The van der Waals surface area contributed by atoms with E-state index in [1.807, 2.05) is 12.1 Å². The Morgan fingerprint density at radius 3 is 2.48 bits per heavy atom. The molecule has 0 bridgehead atoms. The van der Waals surface area contributed by atoms with Crippen LogP contribution in [0.15, 0.2) is 12.1 Å². The Labute approximate surface area is 132 Å². The van der Waals surface area contributed by atoms with E-state index in [-0.39, 0.29) is 17.7 Å². The Morgan fingerprint density at radius 1 is 1.29 bits per heavy atom. The van der Waals surface area contributed by atoms with Gasteiger partial charge in [0.05, 0.1) is 22.9 Å². The molecule has 1 aromatic heterocycles. The van der Waals surface area contributed by atoms with Crippen LogP contribution in [0.3, 0.4) is 0 Å². The molecule has 4 nitrogen and oxygen atoms in total. The van der Waals surface area contributed by atoms with E-state index in [1.165, 1.54) is 0 Å². The molecule has 0 aliphatic carbocycles. The molecule has 1 aliphatic heterocycles. The summed E-state index contributed by atoms with van der Waals surface area (Å²) in [5, 5.41) is 4.15. The molecule has 118 valence electrons. The normalized spacial score (nSPS) is 23.4. The zero-order chi connectivity index (χ0) is 15.6. The van der Waals surface area contributed by atoms with Gasteiger partial charge in [0.25, 0.3) is 0 Å². The van der Waals surface area contributed by atoms with Crippen LogP contribution in [0.4, 0.5) is 5.82 Å². The Kier molecular flexibility index (Phi) is 5.12. The summed E-state index contributed by atoms with van der Waals surface area (Å²) in [4.78, 5) is 7.02. The molecule has 1 saturated heterocycles. The van der Waals surface area contributed by atoms with Crippen LogP contribution in [0.5, 0.6) is 0 Å². The topological polar surface area (TPSA) is 37.4 Å². The van der Waals surface area contributed by atoms with Crippen LogP contribution in [-0.2, 0) is 11.3 Å². The van der Waals surface area contributed by atoms with Gasteiger partial charge < -0.3 is 15.0 Å². The molecule has 2 rings (SSSR count). The first-order valence-corrected chi connectivity index (χ1v) is 7.93. The molecule has 21 heavy (non-hydrogen) atoms. The molecule has 2 heterocycles. The van der Waals surface area contributed by atoms with Crippen LogP contribution in [0.2, 0.25) is 5.02 Å². The van der Waals surface area contributed by atoms with Crippen molar-refractivity contribution in [1.82, 2.24) is 10.3 Å². The third-order valence-electron chi connectivity index (χ3n) is 3.43. The van der Waals surface area contributed by atoms with Gasteiger partial charge in [-0.2, -0.15) is 0 Å². The average Bonchev–Trinajstić information content (AvgIpc) is 2.35. The van der Waals surface area contributed by atoms with Crippen LogP contribution in [0, 0.1) is 0 Å². The van der Waals surface area contributed by atoms with Crippen LogP contribution in [0.25, 0.3) is 0 Å². The van der Waals surface area contributed by atoms with Crippen molar-refractivity contribution in [3.8, 4) is 0 Å². The van der Waals surface area contributed by atoms with E-state index in [9.17, 15) is 0 Å². The van der Waals surface area contributed by atoms with Crippen molar-refractivity contribution in [2.45, 2.75) is 58.9 Å². The molecule has 2 atom stereocenters. The third-order valence-corrected chi connectivity index (χ3v) is 3.78. The van der Waals surface area contributed by atoms with Gasteiger partial charge in [0.2, 0.25) is 0 Å². The highest BCUT2D eigenvalue weighted by Crippen LogP contribution is 2.23. The number of rotatable bonds is 3. The Balaban J connectivity index is 2.14. The summed E-state index contributed by atoms with van der Waals surface area (Å²) in [6, 6.07) is 3.93. The van der Waals surface area contributed by atoms with E-state index in [1.54, 1.807) is 0 Å². The molecule has 5 heteroatoms. The molecule has 0 spiro atoms. The molecule has 0 amide bonds. The van der Waals surface area contributed by atoms with Crippen molar-refractivity contribution in [2.24, 2.45) is 0 Å². The summed E-state index contributed by atoms with van der Waals surface area (Å²) in [6.45, 7) is 13.0. The highest BCUT2D eigenvalue weighted by atomic mass is 35.5. The molecule has 1 aromatic rings. The molecule has 1 fully saturated rings. The lowest BCUT2D eigenvalue weighted by Crippen LogP contribution is -2.46. The minimum atomic E-state index is 0.0446. The predicted octanol–water partition coefficient (Wildman–Crippen LogP) is 3.24. The number of nitrogens with zero attached hydrogens (tertiary/aromatic N) is 2. The molecule has 1 N–H and O–H groups in total. The number of ether oxygens (including phenoxy) is 1. The molecular formula is C16H26ClN3O. The van der Waals surface area contributed by atoms with E-state index in [4.69, 9.17) is 21.3 Å². The van der Waals surface area contributed by atoms with Gasteiger partial charge in [0, 0.05) is 25.2 Å². The van der Waals surface area contributed by atoms with Crippen molar-refractivity contribution in [1.29, 1.82) is 0 Å². The zero-order valence-corrected chi connectivity index (χ0v) is 14.4. The standard InChI is InChI=1S/C16H26ClN3O/c1-11-9-20(10-12(2)21-11)15-7-6-13(17)14(19-15)8-18-16(3,4)5/h6-7,11-12,18H,8-10H2,1-5H3. The van der Waals surface area contributed by atoms with E-state index >= 15 is 0 Å². The minimum absolute atomic E-state index is 0.0446. The molecule has 0 radical (unpaired) electrons. The molecule has 1 aliphatic rings. The van der Waals surface area contributed by atoms with Crippen LogP contribution in [-0.4, -0.2) is 35.8 Å². The Morgan fingerprint density at radius 2 is 1.90 bits per heavy atom. The monoisotopic (exact) mass is 311 g/mol. The Bertz CT molecular complexity index is 477. The van der Waals surface area contributed by atoms with E-state index in [2.05, 4.69) is 44.8 Å². The van der Waals surface area contributed by atoms with Crippen LogP contribution < -0.4 is 10.2 Å². The fourth-order valence-electron chi connectivity index (χ4n) is 2.49. The van der Waals surface area contributed by atoms with Gasteiger partial charge in [0.15, 0.2) is 0 Å². The lowest BCUT2D eigenvalue weighted by molar-refractivity contribution is -0.00546. The smallest absolute Gasteiger partial charge is 0.129 e. The number of pyridine rings is 1. The van der Waals surface area contributed by atoms with Crippen molar-refractivity contribution in [3.05, 3.63) is 22.8 Å². The zero-order valence-electron chi connectivity index (χ0n) is 13.6. The first-order chi connectivity index (χ1) is 9.74. The van der Waals surface area contributed by atoms with Gasteiger partial charge in [-0.3, -0.25) is 0 Å². The second kappa shape index (κ2) is 6.51. The Hall–Kier alpha value is -0.840. The summed E-state index contributed by atoms with van der Waals surface area (Å²) in [7, 11) is 0. The fourth-order valence-corrected chi connectivity index (χ4v) is 2.66. The molecule has 0 saturated carbocycles. The number of halogens is 1. The summed E-state index contributed by atoms with van der Waals surface area (Å²) in [5.41, 5.74) is 0.944. The van der Waals surface area contributed by atoms with Gasteiger partial charge in [-0.25, -0.2) is 4.98 Å². The second-order valence-corrected chi connectivity index (χ2v) is 7.27. The van der Waals surface area contributed by atoms with Crippen molar-refractivity contribution in [2.75, 3.05) is 18.0 Å². The van der Waals surface area contributed by atoms with Gasteiger partial charge >= 0.3 is 0 Å². The fraction of sp³-hybridized carbons (Fsp3) is 0.688. The van der Waals surface area contributed by atoms with E-state index in [0.717, 1.165) is 24.6 Å². The predicted molar refractivity (Wildman–Crippen MR) is 88.1 cm³/mol. The highest BCUT2D eigenvalue weighted by molar-refractivity contribution is 6.31. The van der Waals surface area contributed by atoms with Gasteiger partial charge in [-0.1, -0.05) is 11.6 Å². The lowest BCUT2D eigenvalue weighted by atomic mass is 10.1. The molecular weight excluding hydrogens is 286 g/mol. The van der Waals surface area contributed by atoms with Gasteiger partial charge in [-0.15, -0.1) is 0 Å². The number of anilines is 1. The van der Waals surface area contributed by atoms with Gasteiger partial charge in [-0.05, 0) is 46.8 Å². The lowest BCUT2D eigenvalue weighted by Gasteiger charge is -2.36. The largest absolute Gasteiger partial charge is 0.372 e. The number of aromatic nitrogens is 1. The summed E-state index contributed by atoms with van der Waals surface area (Å²) >= 11 is 6.28. The third kappa shape index (κ3) is 4.83. The van der Waals surface area contributed by atoms with Gasteiger partial charge in [0.1, 0.15) is 5.82 Å². The number of morpholine rings is 1. The maximum absolute atomic E-state index is 6.28. The first-order valence-electron chi connectivity index (χ1n) is 7.55. The highest BCUT2D eigenvalue weighted by Gasteiger charge is 2.23. The van der Waals surface area contributed by atoms with E-state index in [0.29, 0.717) is 11.6 Å². The number of nitrogens with one attached hydrogen (secondary N) is 1. The SMILES string of the molecule is CC1CN(c2ccc(Cl)c(CNC(C)(C)C)n2)CC(C)O1. The maximum atomic E-state index is 6.28. The van der Waals surface area contributed by atoms with Crippen molar-refractivity contribution < 1.29 is 4.74 Å². The van der Waals surface area contributed by atoms with Crippen molar-refractivity contribution in [3.63, 3.8) is 0 Å². The second-order valence-electron chi connectivity index (χ2n) is 6.86. The summed E-state index contributed by atoms with van der Waals surface area (Å²) in [6.07, 6.45) is 0.449. The van der Waals surface area contributed by atoms with E-state index < -0.39 is 0 Å². The first kappa shape index (κ1) is 16.5. The van der Waals surface area contributed by atoms with Crippen molar-refractivity contribution >= 4 is 17.4 Å². The minimum Gasteiger partial charge on any atom is -0.372 e. The summed E-state index contributed by atoms with van der Waals surface area (Å²) in [5.74, 6) is 0.979. The van der Waals surface area contributed by atoms with Crippen LogP contribution >= 0.6 is 11.6 Å². The summed E-state index contributed by atoms with van der Waals surface area (Å²) < 4.78 is 5.78. The average molecular weight is 312 g/mol. The van der Waals surface area contributed by atoms with Crippen LogP contribution in [0.1, 0.15) is 40.3 Å². The number of hydrogen-bond acceptors (Lipinski definition) is 4. The quantitative estimate of drug-likeness (QED) is 0.930.